The second kappa shape index (κ2) is 8.54. The molecule has 9 heteroatoms. The lowest BCUT2D eigenvalue weighted by Crippen LogP contribution is -2.23. The van der Waals surface area contributed by atoms with Gasteiger partial charge in [0.1, 0.15) is 11.3 Å². The number of anilines is 1. The van der Waals surface area contributed by atoms with Gasteiger partial charge in [-0.3, -0.25) is 4.57 Å². The van der Waals surface area contributed by atoms with Crippen molar-refractivity contribution in [3.63, 3.8) is 0 Å². The fourth-order valence-electron chi connectivity index (χ4n) is 3.82. The van der Waals surface area contributed by atoms with E-state index in [1.807, 2.05) is 18.2 Å². The number of nitrogens with zero attached hydrogens (tertiary/aromatic N) is 4. The Morgan fingerprint density at radius 2 is 2.28 bits per heavy atom. The van der Waals surface area contributed by atoms with Crippen LogP contribution in [-0.4, -0.2) is 57.7 Å². The number of aromatic nitrogens is 4. The zero-order chi connectivity index (χ0) is 20.4. The average molecular weight is 461 g/mol. The van der Waals surface area contributed by atoms with E-state index in [-0.39, 0.29) is 5.69 Å². The summed E-state index contributed by atoms with van der Waals surface area (Å²) in [4.78, 5) is 26.8. The van der Waals surface area contributed by atoms with Crippen molar-refractivity contribution in [1.82, 2.24) is 24.4 Å². The summed E-state index contributed by atoms with van der Waals surface area (Å²) in [6.45, 7) is 6.71. The van der Waals surface area contributed by atoms with Crippen molar-refractivity contribution in [2.24, 2.45) is 5.92 Å². The van der Waals surface area contributed by atoms with Crippen molar-refractivity contribution >= 4 is 33.0 Å². The Bertz CT molecular complexity index is 1060. The fourth-order valence-corrected chi connectivity index (χ4v) is 4.23. The maximum Gasteiger partial charge on any atom is 0.328 e. The average Bonchev–Trinajstić information content (AvgIpc) is 3.31. The molecule has 0 saturated carbocycles. The van der Waals surface area contributed by atoms with E-state index < -0.39 is 0 Å². The first kappa shape index (κ1) is 19.9. The molecule has 0 bridgehead atoms. The number of benzene rings is 1. The van der Waals surface area contributed by atoms with Crippen molar-refractivity contribution in [3.8, 4) is 5.75 Å². The molecule has 3 heterocycles. The van der Waals surface area contributed by atoms with Gasteiger partial charge in [0.05, 0.1) is 19.9 Å². The van der Waals surface area contributed by atoms with Crippen molar-refractivity contribution in [3.05, 3.63) is 44.9 Å². The molecule has 2 aromatic heterocycles. The third-order valence-corrected chi connectivity index (χ3v) is 5.94. The summed E-state index contributed by atoms with van der Waals surface area (Å²) in [6.07, 6.45) is 2.84. The normalized spacial score (nSPS) is 17.1. The molecule has 1 saturated heterocycles. The summed E-state index contributed by atoms with van der Waals surface area (Å²) in [5.41, 5.74) is 1.87. The Hall–Kier alpha value is -2.39. The number of likely N-dealkylation sites (tertiary alicyclic amines) is 1. The van der Waals surface area contributed by atoms with Crippen molar-refractivity contribution in [1.29, 1.82) is 0 Å². The molecule has 4 rings (SSSR count). The van der Waals surface area contributed by atoms with Gasteiger partial charge >= 0.3 is 5.69 Å². The Labute approximate surface area is 177 Å². The highest BCUT2D eigenvalue weighted by molar-refractivity contribution is 9.10. The third kappa shape index (κ3) is 4.30. The second-order valence-electron chi connectivity index (χ2n) is 7.33. The first-order valence-corrected chi connectivity index (χ1v) is 10.6. The van der Waals surface area contributed by atoms with Gasteiger partial charge in [0.2, 0.25) is 5.95 Å². The van der Waals surface area contributed by atoms with E-state index in [4.69, 9.17) is 4.74 Å². The van der Waals surface area contributed by atoms with E-state index in [0.717, 1.165) is 42.0 Å². The predicted molar refractivity (Wildman–Crippen MR) is 117 cm³/mol. The van der Waals surface area contributed by atoms with E-state index in [9.17, 15) is 4.79 Å². The maximum atomic E-state index is 12.5. The molecule has 1 aliphatic heterocycles. The number of fused-ring (bicyclic) bond motifs is 1. The van der Waals surface area contributed by atoms with Gasteiger partial charge < -0.3 is 19.9 Å². The molecule has 8 nitrogen and oxygen atoms in total. The fraction of sp³-hybridized carbons (Fsp3) is 0.450. The largest absolute Gasteiger partial charge is 0.496 e. The molecule has 1 fully saturated rings. The zero-order valence-electron chi connectivity index (χ0n) is 16.6. The molecule has 2 N–H and O–H groups in total. The number of nitrogens with one attached hydrogen (secondary N) is 2. The van der Waals surface area contributed by atoms with Crippen LogP contribution in [0.15, 0.2) is 33.7 Å². The summed E-state index contributed by atoms with van der Waals surface area (Å²) in [6, 6.07) is 5.74. The van der Waals surface area contributed by atoms with Crippen LogP contribution in [-0.2, 0) is 6.54 Å². The molecule has 0 amide bonds. The van der Waals surface area contributed by atoms with Crippen LogP contribution in [0.25, 0.3) is 11.2 Å². The van der Waals surface area contributed by atoms with E-state index in [1.165, 1.54) is 6.42 Å². The number of hydrogen-bond donors (Lipinski definition) is 2. The highest BCUT2D eigenvalue weighted by Crippen LogP contribution is 2.24. The molecule has 1 aliphatic rings. The van der Waals surface area contributed by atoms with Crippen molar-refractivity contribution in [2.45, 2.75) is 19.9 Å². The molecule has 0 radical (unpaired) electrons. The number of ether oxygens (including phenoxy) is 1. The summed E-state index contributed by atoms with van der Waals surface area (Å²) in [5.74, 6) is 1.86. The van der Waals surface area contributed by atoms with Gasteiger partial charge in [0, 0.05) is 23.1 Å². The topological polar surface area (TPSA) is 88.1 Å². The van der Waals surface area contributed by atoms with Crippen molar-refractivity contribution < 1.29 is 4.74 Å². The number of H-pyrrole nitrogens is 1. The van der Waals surface area contributed by atoms with E-state index in [1.54, 1.807) is 17.9 Å². The van der Waals surface area contributed by atoms with Gasteiger partial charge in [-0.2, -0.15) is 4.98 Å². The lowest BCUT2D eigenvalue weighted by Gasteiger charge is -2.13. The minimum atomic E-state index is -0.220. The van der Waals surface area contributed by atoms with Crippen LogP contribution in [0, 0.1) is 5.92 Å². The summed E-state index contributed by atoms with van der Waals surface area (Å²) >= 11 is 3.48. The van der Waals surface area contributed by atoms with E-state index in [2.05, 4.69) is 48.0 Å². The van der Waals surface area contributed by atoms with Gasteiger partial charge in [0.25, 0.3) is 0 Å². The Kier molecular flexibility index (Phi) is 5.86. The van der Waals surface area contributed by atoms with E-state index >= 15 is 0 Å². The van der Waals surface area contributed by atoms with Crippen LogP contribution in [0.2, 0.25) is 0 Å². The Morgan fingerprint density at radius 3 is 3.03 bits per heavy atom. The summed E-state index contributed by atoms with van der Waals surface area (Å²) in [5, 5.41) is 3.35. The molecule has 29 heavy (non-hydrogen) atoms. The molecule has 0 spiro atoms. The van der Waals surface area contributed by atoms with Crippen LogP contribution in [0.4, 0.5) is 5.95 Å². The SMILES string of the molecule is CCN1CC[C@@H](CNc2ncc3[nH]c(=O)n(Cc4cc(Br)ccc4OC)c3n2)C1. The van der Waals surface area contributed by atoms with Gasteiger partial charge in [-0.25, -0.2) is 9.78 Å². The number of methoxy groups -OCH3 is 1. The zero-order valence-corrected chi connectivity index (χ0v) is 18.2. The van der Waals surface area contributed by atoms with Crippen molar-refractivity contribution in [2.75, 3.05) is 38.6 Å². The Morgan fingerprint density at radius 1 is 1.41 bits per heavy atom. The van der Waals surface area contributed by atoms with Gasteiger partial charge in [0.15, 0.2) is 5.65 Å². The minimum Gasteiger partial charge on any atom is -0.496 e. The standard InChI is InChI=1S/C20H25BrN6O2/c1-3-26-7-6-13(11-26)9-22-19-23-10-16-18(25-19)27(20(28)24-16)12-14-8-15(21)4-5-17(14)29-2/h4-5,8,10,13H,3,6-7,9,11-12H2,1-2H3,(H,24,28)(H,22,23,25)/t13-/m0/s1. The lowest BCUT2D eigenvalue weighted by molar-refractivity contribution is 0.345. The number of rotatable bonds is 7. The quantitative estimate of drug-likeness (QED) is 0.563. The van der Waals surface area contributed by atoms with Crippen LogP contribution in [0.1, 0.15) is 18.9 Å². The molecule has 0 unspecified atom stereocenters. The monoisotopic (exact) mass is 460 g/mol. The lowest BCUT2D eigenvalue weighted by atomic mass is 10.1. The first-order chi connectivity index (χ1) is 14.1. The third-order valence-electron chi connectivity index (χ3n) is 5.45. The predicted octanol–water partition coefficient (Wildman–Crippen LogP) is 2.69. The molecule has 1 aromatic carbocycles. The molecule has 1 atom stereocenters. The van der Waals surface area contributed by atoms with Crippen LogP contribution < -0.4 is 15.7 Å². The molecular weight excluding hydrogens is 436 g/mol. The molecule has 3 aromatic rings. The van der Waals surface area contributed by atoms with Crippen LogP contribution in [0.5, 0.6) is 5.75 Å². The summed E-state index contributed by atoms with van der Waals surface area (Å²) < 4.78 is 7.98. The van der Waals surface area contributed by atoms with Gasteiger partial charge in [-0.05, 0) is 43.6 Å². The summed E-state index contributed by atoms with van der Waals surface area (Å²) in [7, 11) is 1.62. The smallest absolute Gasteiger partial charge is 0.328 e. The molecular formula is C20H25BrN6O2. The highest BCUT2D eigenvalue weighted by Gasteiger charge is 2.21. The van der Waals surface area contributed by atoms with Crippen LogP contribution in [0.3, 0.4) is 0 Å². The van der Waals surface area contributed by atoms with Gasteiger partial charge in [-0.15, -0.1) is 0 Å². The minimum absolute atomic E-state index is 0.220. The molecule has 0 aliphatic carbocycles. The van der Waals surface area contributed by atoms with E-state index in [0.29, 0.717) is 29.6 Å². The Balaban J connectivity index is 1.57. The van der Waals surface area contributed by atoms with Crippen LogP contribution >= 0.6 is 15.9 Å². The van der Waals surface area contributed by atoms with Gasteiger partial charge in [-0.1, -0.05) is 22.9 Å². The molecule has 154 valence electrons. The number of imidazole rings is 1. The number of halogens is 1. The number of aromatic amines is 1. The number of hydrogen-bond acceptors (Lipinski definition) is 6. The highest BCUT2D eigenvalue weighted by atomic mass is 79.9. The maximum absolute atomic E-state index is 12.5. The second-order valence-corrected chi connectivity index (χ2v) is 8.25. The first-order valence-electron chi connectivity index (χ1n) is 9.81.